The van der Waals surface area contributed by atoms with Crippen molar-refractivity contribution in [3.05, 3.63) is 35.4 Å². The van der Waals surface area contributed by atoms with E-state index >= 15 is 0 Å². The molecule has 3 rings (SSSR count). The minimum absolute atomic E-state index is 0.462. The molecule has 0 saturated heterocycles. The van der Waals surface area contributed by atoms with Crippen LogP contribution in [-0.2, 0) is 0 Å². The molecule has 0 spiro atoms. The lowest BCUT2D eigenvalue weighted by Crippen LogP contribution is -2.41. The van der Waals surface area contributed by atoms with Crippen LogP contribution in [0, 0.1) is 12.8 Å². The van der Waals surface area contributed by atoms with Crippen LogP contribution in [-0.4, -0.2) is 24.5 Å². The molecular formula is C15H21N3. The first-order valence-corrected chi connectivity index (χ1v) is 6.87. The summed E-state index contributed by atoms with van der Waals surface area (Å²) in [4.78, 5) is 4.84. The average Bonchev–Trinajstić information content (AvgIpc) is 2.82. The number of aliphatic imine (C=N–C) groups is 1. The Morgan fingerprint density at radius 1 is 1.28 bits per heavy atom. The van der Waals surface area contributed by atoms with E-state index in [-0.39, 0.29) is 0 Å². The maximum Gasteiger partial charge on any atom is 0.128 e. The van der Waals surface area contributed by atoms with Crippen LogP contribution in [0.25, 0.3) is 0 Å². The fourth-order valence-electron chi connectivity index (χ4n) is 3.01. The molecule has 1 aliphatic heterocycles. The molecule has 0 amide bonds. The highest BCUT2D eigenvalue weighted by Crippen LogP contribution is 2.29. The van der Waals surface area contributed by atoms with Gasteiger partial charge >= 0.3 is 0 Å². The smallest absolute Gasteiger partial charge is 0.128 e. The Kier molecular flexibility index (Phi) is 3.08. The first kappa shape index (κ1) is 11.7. The number of nitrogens with zero attached hydrogens (tertiary/aromatic N) is 1. The summed E-state index contributed by atoms with van der Waals surface area (Å²) >= 11 is 0. The number of fused-ring (bicyclic) bond motifs is 1. The molecule has 3 N–H and O–H groups in total. The van der Waals surface area contributed by atoms with Gasteiger partial charge in [0.25, 0.3) is 0 Å². The Hall–Kier alpha value is -1.35. The van der Waals surface area contributed by atoms with Crippen LogP contribution in [0.1, 0.15) is 30.4 Å². The third-order valence-corrected chi connectivity index (χ3v) is 4.20. The maximum absolute atomic E-state index is 5.78. The number of hydrogen-bond donors (Lipinski definition) is 2. The van der Waals surface area contributed by atoms with Gasteiger partial charge in [-0.1, -0.05) is 29.8 Å². The third kappa shape index (κ3) is 2.15. The molecule has 2 aliphatic rings. The van der Waals surface area contributed by atoms with Crippen LogP contribution in [0.3, 0.4) is 0 Å². The molecule has 3 heteroatoms. The maximum atomic E-state index is 5.78. The number of nitrogens with one attached hydrogen (secondary N) is 1. The van der Waals surface area contributed by atoms with E-state index in [0.29, 0.717) is 18.0 Å². The second-order valence-corrected chi connectivity index (χ2v) is 5.58. The van der Waals surface area contributed by atoms with Gasteiger partial charge in [0.05, 0.1) is 12.1 Å². The van der Waals surface area contributed by atoms with Crippen molar-refractivity contribution in [3.63, 3.8) is 0 Å². The van der Waals surface area contributed by atoms with E-state index < -0.39 is 0 Å². The minimum atomic E-state index is 0.462. The normalized spacial score (nSPS) is 30.6. The number of aryl methyl sites for hydroxylation is 1. The predicted octanol–water partition coefficient (Wildman–Crippen LogP) is 1.84. The average molecular weight is 243 g/mol. The standard InChI is InChI=1S/C15H21N3/c1-10-2-5-12(6-3-10)15-17-13-7-4-11(9-16)8-14(13)18-15/h2-3,5-6,11,13-14H,4,7-9,16H2,1H3,(H,17,18). The van der Waals surface area contributed by atoms with Crippen LogP contribution in [0.4, 0.5) is 0 Å². The van der Waals surface area contributed by atoms with Crippen molar-refractivity contribution in [2.45, 2.75) is 38.3 Å². The minimum Gasteiger partial charge on any atom is -0.365 e. The van der Waals surface area contributed by atoms with Gasteiger partial charge < -0.3 is 11.1 Å². The van der Waals surface area contributed by atoms with Gasteiger partial charge in [0.15, 0.2) is 0 Å². The van der Waals surface area contributed by atoms with E-state index in [2.05, 4.69) is 36.5 Å². The number of hydrogen-bond acceptors (Lipinski definition) is 3. The second kappa shape index (κ2) is 4.73. The van der Waals surface area contributed by atoms with Gasteiger partial charge in [0, 0.05) is 5.56 Å². The molecule has 1 heterocycles. The van der Waals surface area contributed by atoms with Gasteiger partial charge in [-0.05, 0) is 38.6 Å². The fourth-order valence-corrected chi connectivity index (χ4v) is 3.01. The summed E-state index contributed by atoms with van der Waals surface area (Å²) in [6.45, 7) is 2.92. The highest BCUT2D eigenvalue weighted by atomic mass is 15.1. The zero-order chi connectivity index (χ0) is 12.5. The molecule has 0 radical (unpaired) electrons. The molecular weight excluding hydrogens is 222 g/mol. The van der Waals surface area contributed by atoms with E-state index in [1.54, 1.807) is 0 Å². The molecule has 1 fully saturated rings. The van der Waals surface area contributed by atoms with Crippen LogP contribution >= 0.6 is 0 Å². The van der Waals surface area contributed by atoms with Gasteiger partial charge in [-0.25, -0.2) is 0 Å². The topological polar surface area (TPSA) is 50.4 Å². The summed E-state index contributed by atoms with van der Waals surface area (Å²) in [5.74, 6) is 1.74. The lowest BCUT2D eigenvalue weighted by atomic mass is 9.83. The SMILES string of the molecule is Cc1ccc(C2=NC3CCC(CN)CC3N2)cc1. The number of nitrogens with two attached hydrogens (primary N) is 1. The molecule has 1 aromatic carbocycles. The molecule has 96 valence electrons. The van der Waals surface area contributed by atoms with Crippen molar-refractivity contribution in [1.82, 2.24) is 5.32 Å². The molecule has 0 bridgehead atoms. The highest BCUT2D eigenvalue weighted by Gasteiger charge is 2.34. The Balaban J connectivity index is 1.75. The van der Waals surface area contributed by atoms with Crippen LogP contribution in [0.5, 0.6) is 0 Å². The Bertz CT molecular complexity index is 449. The lowest BCUT2D eigenvalue weighted by molar-refractivity contribution is 0.294. The Morgan fingerprint density at radius 2 is 2.06 bits per heavy atom. The van der Waals surface area contributed by atoms with E-state index in [1.807, 2.05) is 0 Å². The van der Waals surface area contributed by atoms with Gasteiger partial charge in [-0.15, -0.1) is 0 Å². The molecule has 3 nitrogen and oxygen atoms in total. The van der Waals surface area contributed by atoms with Crippen molar-refractivity contribution < 1.29 is 0 Å². The van der Waals surface area contributed by atoms with Crippen molar-refractivity contribution >= 4 is 5.84 Å². The number of benzene rings is 1. The zero-order valence-electron chi connectivity index (χ0n) is 10.9. The van der Waals surface area contributed by atoms with Gasteiger partial charge in [0.2, 0.25) is 0 Å². The van der Waals surface area contributed by atoms with Crippen molar-refractivity contribution in [1.29, 1.82) is 0 Å². The number of rotatable bonds is 2. The summed E-state index contributed by atoms with van der Waals surface area (Å²) in [6.07, 6.45) is 3.57. The molecule has 1 aromatic rings. The molecule has 18 heavy (non-hydrogen) atoms. The van der Waals surface area contributed by atoms with E-state index in [4.69, 9.17) is 10.7 Å². The zero-order valence-corrected chi connectivity index (χ0v) is 10.9. The van der Waals surface area contributed by atoms with Gasteiger partial charge in [0.1, 0.15) is 5.84 Å². The first-order valence-electron chi connectivity index (χ1n) is 6.87. The van der Waals surface area contributed by atoms with Gasteiger partial charge in [-0.3, -0.25) is 4.99 Å². The fraction of sp³-hybridized carbons (Fsp3) is 0.533. The van der Waals surface area contributed by atoms with E-state index in [1.165, 1.54) is 30.4 Å². The summed E-state index contributed by atoms with van der Waals surface area (Å²) in [7, 11) is 0. The Morgan fingerprint density at radius 3 is 2.78 bits per heavy atom. The quantitative estimate of drug-likeness (QED) is 0.832. The van der Waals surface area contributed by atoms with Crippen molar-refractivity contribution in [3.8, 4) is 0 Å². The Labute approximate surface area is 108 Å². The predicted molar refractivity (Wildman–Crippen MR) is 74.8 cm³/mol. The summed E-state index contributed by atoms with van der Waals surface area (Å²) in [5, 5.41) is 3.59. The van der Waals surface area contributed by atoms with Crippen LogP contribution in [0.15, 0.2) is 29.3 Å². The number of amidine groups is 1. The van der Waals surface area contributed by atoms with E-state index in [0.717, 1.165) is 12.4 Å². The molecule has 3 atom stereocenters. The molecule has 1 saturated carbocycles. The second-order valence-electron chi connectivity index (χ2n) is 5.58. The van der Waals surface area contributed by atoms with E-state index in [9.17, 15) is 0 Å². The van der Waals surface area contributed by atoms with Crippen LogP contribution in [0.2, 0.25) is 0 Å². The summed E-state index contributed by atoms with van der Waals surface area (Å²) in [6, 6.07) is 9.55. The van der Waals surface area contributed by atoms with Crippen molar-refractivity contribution in [2.75, 3.05) is 6.54 Å². The molecule has 1 aliphatic carbocycles. The summed E-state index contributed by atoms with van der Waals surface area (Å²) < 4.78 is 0. The van der Waals surface area contributed by atoms with Crippen LogP contribution < -0.4 is 11.1 Å². The van der Waals surface area contributed by atoms with Crippen molar-refractivity contribution in [2.24, 2.45) is 16.6 Å². The molecule has 3 unspecified atom stereocenters. The largest absolute Gasteiger partial charge is 0.365 e. The highest BCUT2D eigenvalue weighted by molar-refractivity contribution is 6.00. The summed E-state index contributed by atoms with van der Waals surface area (Å²) in [5.41, 5.74) is 8.28. The third-order valence-electron chi connectivity index (χ3n) is 4.20. The lowest BCUT2D eigenvalue weighted by Gasteiger charge is -2.29. The molecule has 0 aromatic heterocycles. The first-order chi connectivity index (χ1) is 8.76. The van der Waals surface area contributed by atoms with Gasteiger partial charge in [-0.2, -0.15) is 0 Å². The monoisotopic (exact) mass is 243 g/mol.